The second-order valence-corrected chi connectivity index (χ2v) is 7.56. The number of hydrogen-bond donors (Lipinski definition) is 2. The molecule has 6 heteroatoms. The van der Waals surface area contributed by atoms with E-state index in [4.69, 9.17) is 0 Å². The topological polar surface area (TPSA) is 24.1 Å². The van der Waals surface area contributed by atoms with Crippen LogP contribution < -0.4 is 10.6 Å². The number of halogens is 4. The highest BCUT2D eigenvalue weighted by atomic mass is 127. The van der Waals surface area contributed by atoms with Crippen molar-refractivity contribution in [2.45, 2.75) is 37.6 Å². The molecule has 25 heavy (non-hydrogen) atoms. The van der Waals surface area contributed by atoms with Crippen LogP contribution >= 0.6 is 22.6 Å². The van der Waals surface area contributed by atoms with Gasteiger partial charge in [0, 0.05) is 22.2 Å². The van der Waals surface area contributed by atoms with Crippen molar-refractivity contribution in [3.8, 4) is 0 Å². The number of rotatable bonds is 4. The van der Waals surface area contributed by atoms with Crippen molar-refractivity contribution in [2.24, 2.45) is 0 Å². The molecular formula is C19H20F3IN2. The van der Waals surface area contributed by atoms with Crippen molar-refractivity contribution in [3.63, 3.8) is 0 Å². The van der Waals surface area contributed by atoms with Crippen LogP contribution in [-0.4, -0.2) is 12.6 Å². The van der Waals surface area contributed by atoms with Crippen molar-refractivity contribution in [3.05, 3.63) is 68.8 Å². The minimum atomic E-state index is -4.31. The van der Waals surface area contributed by atoms with E-state index in [2.05, 4.69) is 22.8 Å². The number of piperidine rings is 1. The predicted octanol–water partition coefficient (Wildman–Crippen LogP) is 4.89. The average molecular weight is 460 g/mol. The Morgan fingerprint density at radius 3 is 2.60 bits per heavy atom. The van der Waals surface area contributed by atoms with Crippen molar-refractivity contribution in [1.82, 2.24) is 10.6 Å². The summed E-state index contributed by atoms with van der Waals surface area (Å²) in [5, 5.41) is 6.98. The van der Waals surface area contributed by atoms with Crippen molar-refractivity contribution in [1.29, 1.82) is 0 Å². The standard InChI is InChI=1S/C19H20F3IN2/c20-19(21,22)15-9-13(10-16(23)11-15)12-25-17-7-4-8-24-18(17)14-5-2-1-3-6-14/h1-3,5-6,9-11,17-18,24-25H,4,7-8,12H2/t17-,18-/m0/s1. The number of benzene rings is 2. The first kappa shape index (κ1) is 18.7. The highest BCUT2D eigenvalue weighted by Gasteiger charge is 2.31. The van der Waals surface area contributed by atoms with Crippen LogP contribution in [0.2, 0.25) is 0 Å². The summed E-state index contributed by atoms with van der Waals surface area (Å²) in [5.74, 6) is 0. The lowest BCUT2D eigenvalue weighted by Crippen LogP contribution is -2.45. The zero-order chi connectivity index (χ0) is 17.9. The summed E-state index contributed by atoms with van der Waals surface area (Å²) in [7, 11) is 0. The monoisotopic (exact) mass is 460 g/mol. The average Bonchev–Trinajstić information content (AvgIpc) is 2.60. The first-order valence-corrected chi connectivity index (χ1v) is 9.40. The summed E-state index contributed by atoms with van der Waals surface area (Å²) < 4.78 is 39.6. The first-order chi connectivity index (χ1) is 11.9. The number of alkyl halides is 3. The summed E-state index contributed by atoms with van der Waals surface area (Å²) in [5.41, 5.74) is 1.28. The van der Waals surface area contributed by atoms with Gasteiger partial charge in [0.25, 0.3) is 0 Å². The molecule has 0 spiro atoms. The Morgan fingerprint density at radius 1 is 1.12 bits per heavy atom. The Morgan fingerprint density at radius 2 is 1.88 bits per heavy atom. The van der Waals surface area contributed by atoms with E-state index in [-0.39, 0.29) is 12.1 Å². The van der Waals surface area contributed by atoms with Gasteiger partial charge in [0.1, 0.15) is 0 Å². The predicted molar refractivity (Wildman–Crippen MR) is 101 cm³/mol. The molecule has 1 aliphatic heterocycles. The summed E-state index contributed by atoms with van der Waals surface area (Å²) in [4.78, 5) is 0. The molecule has 0 unspecified atom stereocenters. The number of nitrogens with one attached hydrogen (secondary N) is 2. The lowest BCUT2D eigenvalue weighted by atomic mass is 9.92. The minimum Gasteiger partial charge on any atom is -0.309 e. The molecule has 2 aromatic carbocycles. The van der Waals surface area contributed by atoms with Gasteiger partial charge in [-0.1, -0.05) is 30.3 Å². The van der Waals surface area contributed by atoms with Gasteiger partial charge < -0.3 is 10.6 Å². The molecule has 1 aliphatic rings. The fraction of sp³-hybridized carbons (Fsp3) is 0.368. The lowest BCUT2D eigenvalue weighted by molar-refractivity contribution is -0.137. The van der Waals surface area contributed by atoms with Gasteiger partial charge in [-0.2, -0.15) is 13.2 Å². The third-order valence-electron chi connectivity index (χ3n) is 4.47. The van der Waals surface area contributed by atoms with Gasteiger partial charge in [0.05, 0.1) is 5.56 Å². The fourth-order valence-corrected chi connectivity index (χ4v) is 4.02. The molecule has 0 aromatic heterocycles. The van der Waals surface area contributed by atoms with Crippen LogP contribution in [0.5, 0.6) is 0 Å². The van der Waals surface area contributed by atoms with E-state index in [1.165, 1.54) is 17.7 Å². The summed E-state index contributed by atoms with van der Waals surface area (Å²) in [6, 6.07) is 14.8. The highest BCUT2D eigenvalue weighted by molar-refractivity contribution is 14.1. The zero-order valence-corrected chi connectivity index (χ0v) is 15.8. The highest BCUT2D eigenvalue weighted by Crippen LogP contribution is 2.31. The largest absolute Gasteiger partial charge is 0.416 e. The zero-order valence-electron chi connectivity index (χ0n) is 13.6. The van der Waals surface area contributed by atoms with Crippen LogP contribution in [0.1, 0.15) is 35.6 Å². The maximum Gasteiger partial charge on any atom is 0.416 e. The van der Waals surface area contributed by atoms with E-state index >= 15 is 0 Å². The Bertz CT molecular complexity index is 704. The molecular weight excluding hydrogens is 440 g/mol. The van der Waals surface area contributed by atoms with Gasteiger partial charge in [-0.25, -0.2) is 0 Å². The SMILES string of the molecule is FC(F)(F)c1cc(I)cc(CN[C@H]2CCCN[C@H]2c2ccccc2)c1. The molecule has 2 N–H and O–H groups in total. The van der Waals surface area contributed by atoms with Crippen molar-refractivity contribution >= 4 is 22.6 Å². The van der Waals surface area contributed by atoms with Gasteiger partial charge >= 0.3 is 6.18 Å². The Balaban J connectivity index is 1.72. The fourth-order valence-electron chi connectivity index (χ4n) is 3.28. The Kier molecular flexibility index (Phi) is 6.01. The van der Waals surface area contributed by atoms with Gasteiger partial charge in [-0.05, 0) is 71.3 Å². The molecule has 0 bridgehead atoms. The summed E-state index contributed by atoms with van der Waals surface area (Å²) >= 11 is 1.94. The second-order valence-electron chi connectivity index (χ2n) is 6.32. The number of hydrogen-bond acceptors (Lipinski definition) is 2. The van der Waals surface area contributed by atoms with Crippen molar-refractivity contribution in [2.75, 3.05) is 6.54 Å². The molecule has 2 atom stereocenters. The van der Waals surface area contributed by atoms with E-state index in [1.807, 2.05) is 40.8 Å². The quantitative estimate of drug-likeness (QED) is 0.635. The van der Waals surface area contributed by atoms with Crippen molar-refractivity contribution < 1.29 is 13.2 Å². The van der Waals surface area contributed by atoms with Gasteiger partial charge in [-0.15, -0.1) is 0 Å². The van der Waals surface area contributed by atoms with E-state index in [9.17, 15) is 13.2 Å². The van der Waals surface area contributed by atoms with Crippen LogP contribution in [0.4, 0.5) is 13.2 Å². The van der Waals surface area contributed by atoms with Crippen LogP contribution in [0, 0.1) is 3.57 Å². The molecule has 134 valence electrons. The van der Waals surface area contributed by atoms with Crippen LogP contribution in [0.3, 0.4) is 0 Å². The van der Waals surface area contributed by atoms with Gasteiger partial charge in [-0.3, -0.25) is 0 Å². The molecule has 0 amide bonds. The molecule has 2 aromatic rings. The van der Waals surface area contributed by atoms with Crippen LogP contribution in [0.25, 0.3) is 0 Å². The maximum absolute atomic E-state index is 13.0. The third-order valence-corrected chi connectivity index (χ3v) is 5.09. The lowest BCUT2D eigenvalue weighted by Gasteiger charge is -2.34. The summed E-state index contributed by atoms with van der Waals surface area (Å²) in [6.45, 7) is 1.38. The maximum atomic E-state index is 13.0. The first-order valence-electron chi connectivity index (χ1n) is 8.32. The molecule has 3 rings (SSSR count). The van der Waals surface area contributed by atoms with Crippen LogP contribution in [0.15, 0.2) is 48.5 Å². The Hall–Kier alpha value is -1.12. The normalized spacial score (nSPS) is 21.3. The molecule has 1 heterocycles. The molecule has 1 fully saturated rings. The molecule has 0 aliphatic carbocycles. The molecule has 2 nitrogen and oxygen atoms in total. The molecule has 0 radical (unpaired) electrons. The van der Waals surface area contributed by atoms with Gasteiger partial charge in [0.15, 0.2) is 0 Å². The Labute approximate surface area is 159 Å². The third kappa shape index (κ3) is 4.95. The summed E-state index contributed by atoms with van der Waals surface area (Å²) in [6.07, 6.45) is -2.25. The molecule has 0 saturated carbocycles. The smallest absolute Gasteiger partial charge is 0.309 e. The van der Waals surface area contributed by atoms with Gasteiger partial charge in [0.2, 0.25) is 0 Å². The minimum absolute atomic E-state index is 0.180. The second kappa shape index (κ2) is 8.05. The molecule has 1 saturated heterocycles. The van der Waals surface area contributed by atoms with E-state index in [0.29, 0.717) is 15.7 Å². The van der Waals surface area contributed by atoms with E-state index in [0.717, 1.165) is 19.4 Å². The van der Waals surface area contributed by atoms with Crippen LogP contribution in [-0.2, 0) is 12.7 Å². The van der Waals surface area contributed by atoms with E-state index < -0.39 is 11.7 Å². The van der Waals surface area contributed by atoms with E-state index in [1.54, 1.807) is 6.07 Å².